The quantitative estimate of drug-likeness (QED) is 0.474. The molecule has 1 aliphatic rings. The number of nitrogens with one attached hydrogen (secondary N) is 1. The minimum absolute atomic E-state index is 0.436. The summed E-state index contributed by atoms with van der Waals surface area (Å²) in [5, 5.41) is 6.75. The molecule has 1 aliphatic carbocycles. The highest BCUT2D eigenvalue weighted by Gasteiger charge is 2.46. The Kier molecular flexibility index (Phi) is 0.663. The predicted molar refractivity (Wildman–Crippen MR) is 26.8 cm³/mol. The first kappa shape index (κ1) is 4.41. The molecule has 0 spiro atoms. The van der Waals surface area contributed by atoms with E-state index in [1.54, 1.807) is 0 Å². The zero-order chi connectivity index (χ0) is 4.78. The van der Waals surface area contributed by atoms with Gasteiger partial charge in [-0.25, -0.2) is 0 Å². The Labute approximate surface area is 45.8 Å². The summed E-state index contributed by atoms with van der Waals surface area (Å²) in [7, 11) is 0. The van der Waals surface area contributed by atoms with Gasteiger partial charge in [0.15, 0.2) is 4.33 Å². The molecule has 0 bridgehead atoms. The summed E-state index contributed by atoms with van der Waals surface area (Å²) in [5.74, 6) is 0. The Morgan fingerprint density at radius 2 is 1.83 bits per heavy atom. The zero-order valence-electron chi connectivity index (χ0n) is 2.96. The number of halogens is 2. The van der Waals surface area contributed by atoms with Crippen molar-refractivity contribution in [1.29, 1.82) is 5.41 Å². The lowest BCUT2D eigenvalue weighted by atomic mass is 10.9. The van der Waals surface area contributed by atoms with Crippen LogP contribution in [0.5, 0.6) is 0 Å². The third kappa shape index (κ3) is 0.525. The number of rotatable bonds is 0. The topological polar surface area (TPSA) is 23.9 Å². The summed E-state index contributed by atoms with van der Waals surface area (Å²) in [5.41, 5.74) is 0.436. The van der Waals surface area contributed by atoms with Crippen molar-refractivity contribution in [3.63, 3.8) is 0 Å². The Hall–Kier alpha value is 0.250. The molecule has 0 aromatic rings. The first-order chi connectivity index (χ1) is 2.63. The maximum Gasteiger partial charge on any atom is 0.160 e. The zero-order valence-corrected chi connectivity index (χ0v) is 4.47. The normalized spacial score (nSPS) is 27.3. The lowest BCUT2D eigenvalue weighted by molar-refractivity contribution is 1.38. The molecular weight excluding hydrogens is 121 g/mol. The molecule has 0 atom stereocenters. The van der Waals surface area contributed by atoms with Crippen molar-refractivity contribution in [3.05, 3.63) is 0 Å². The van der Waals surface area contributed by atoms with Crippen molar-refractivity contribution < 1.29 is 0 Å². The number of hydrogen-bond acceptors (Lipinski definition) is 1. The fourth-order valence-electron chi connectivity index (χ4n) is 0.178. The van der Waals surface area contributed by atoms with Gasteiger partial charge in [0.2, 0.25) is 0 Å². The fraction of sp³-hybridized carbons (Fsp3) is 0.667. The van der Waals surface area contributed by atoms with Crippen molar-refractivity contribution >= 4 is 28.9 Å². The van der Waals surface area contributed by atoms with Crippen molar-refractivity contribution in [3.8, 4) is 0 Å². The monoisotopic (exact) mass is 123 g/mol. The molecule has 1 nitrogen and oxygen atoms in total. The molecule has 0 aromatic heterocycles. The van der Waals surface area contributed by atoms with E-state index in [4.69, 9.17) is 28.6 Å². The van der Waals surface area contributed by atoms with Crippen molar-refractivity contribution in [1.82, 2.24) is 0 Å². The van der Waals surface area contributed by atoms with Gasteiger partial charge in [-0.2, -0.15) is 0 Å². The first-order valence-corrected chi connectivity index (χ1v) is 2.34. The van der Waals surface area contributed by atoms with Crippen LogP contribution in [-0.4, -0.2) is 10.0 Å². The highest BCUT2D eigenvalue weighted by Crippen LogP contribution is 2.42. The van der Waals surface area contributed by atoms with Crippen molar-refractivity contribution in [2.24, 2.45) is 0 Å². The molecule has 0 unspecified atom stereocenters. The first-order valence-electron chi connectivity index (χ1n) is 1.59. The van der Waals surface area contributed by atoms with E-state index < -0.39 is 4.33 Å². The predicted octanol–water partition coefficient (Wildman–Crippen LogP) is 1.58. The summed E-state index contributed by atoms with van der Waals surface area (Å²) >= 11 is 10.7. The van der Waals surface area contributed by atoms with Gasteiger partial charge in [-0.3, -0.25) is 0 Å². The molecule has 1 rings (SSSR count). The SMILES string of the molecule is N=C1CC1(Cl)Cl. The van der Waals surface area contributed by atoms with Crippen molar-refractivity contribution in [2.45, 2.75) is 10.8 Å². The Morgan fingerprint density at radius 1 is 1.67 bits per heavy atom. The lowest BCUT2D eigenvalue weighted by Gasteiger charge is -1.79. The number of hydrogen-bond donors (Lipinski definition) is 1. The molecule has 1 saturated carbocycles. The molecule has 0 aromatic carbocycles. The van der Waals surface area contributed by atoms with E-state index in [9.17, 15) is 0 Å². The highest BCUT2D eigenvalue weighted by atomic mass is 35.5. The van der Waals surface area contributed by atoms with Crippen LogP contribution in [0.3, 0.4) is 0 Å². The molecule has 1 N–H and O–H groups in total. The minimum Gasteiger partial charge on any atom is -0.306 e. The molecule has 3 heteroatoms. The van der Waals surface area contributed by atoms with Gasteiger partial charge in [-0.15, -0.1) is 0 Å². The van der Waals surface area contributed by atoms with E-state index in [0.29, 0.717) is 12.1 Å². The third-order valence-electron chi connectivity index (χ3n) is 0.715. The maximum absolute atomic E-state index is 6.75. The summed E-state index contributed by atoms with van der Waals surface area (Å²) in [6.07, 6.45) is 0.552. The van der Waals surface area contributed by atoms with Crippen LogP contribution in [0.15, 0.2) is 0 Å². The second-order valence-corrected chi connectivity index (χ2v) is 2.84. The second-order valence-electron chi connectivity index (χ2n) is 1.36. The van der Waals surface area contributed by atoms with Gasteiger partial charge in [0.1, 0.15) is 0 Å². The van der Waals surface area contributed by atoms with Crippen LogP contribution in [0.1, 0.15) is 6.42 Å². The van der Waals surface area contributed by atoms with Crippen LogP contribution in [0, 0.1) is 5.41 Å². The standard InChI is InChI=1S/C3H3Cl2N/c4-3(5)1-2(3)6/h6H,1H2. The largest absolute Gasteiger partial charge is 0.306 e. The molecule has 0 aliphatic heterocycles. The molecule has 1 fully saturated rings. The van der Waals surface area contributed by atoms with Crippen LogP contribution in [0.4, 0.5) is 0 Å². The van der Waals surface area contributed by atoms with Crippen LogP contribution >= 0.6 is 23.2 Å². The van der Waals surface area contributed by atoms with Crippen LogP contribution in [0.25, 0.3) is 0 Å². The van der Waals surface area contributed by atoms with Gasteiger partial charge >= 0.3 is 0 Å². The van der Waals surface area contributed by atoms with E-state index in [2.05, 4.69) is 0 Å². The summed E-state index contributed by atoms with van der Waals surface area (Å²) in [6.45, 7) is 0. The van der Waals surface area contributed by atoms with E-state index in [1.165, 1.54) is 0 Å². The molecule has 34 valence electrons. The molecule has 0 radical (unpaired) electrons. The molecular formula is C3H3Cl2N. The van der Waals surface area contributed by atoms with E-state index in [0.717, 1.165) is 0 Å². The summed E-state index contributed by atoms with van der Waals surface area (Å²) in [4.78, 5) is 0. The minimum atomic E-state index is -0.764. The van der Waals surface area contributed by atoms with Crippen LogP contribution in [0.2, 0.25) is 0 Å². The Balaban J connectivity index is 2.63. The molecule has 0 saturated heterocycles. The Bertz CT molecular complexity index is 97.0. The number of alkyl halides is 2. The molecule has 0 heterocycles. The van der Waals surface area contributed by atoms with E-state index in [-0.39, 0.29) is 0 Å². The third-order valence-corrected chi connectivity index (χ3v) is 1.44. The highest BCUT2D eigenvalue weighted by molar-refractivity contribution is 6.66. The summed E-state index contributed by atoms with van der Waals surface area (Å²) < 4.78 is -0.764. The molecule has 6 heavy (non-hydrogen) atoms. The average Bonchev–Trinajstić information content (AvgIpc) is 1.73. The average molecular weight is 124 g/mol. The van der Waals surface area contributed by atoms with E-state index in [1.807, 2.05) is 0 Å². The van der Waals surface area contributed by atoms with Gasteiger partial charge in [0.25, 0.3) is 0 Å². The fourth-order valence-corrected chi connectivity index (χ4v) is 0.445. The van der Waals surface area contributed by atoms with Gasteiger partial charge in [-0.1, -0.05) is 23.2 Å². The van der Waals surface area contributed by atoms with E-state index >= 15 is 0 Å². The van der Waals surface area contributed by atoms with Crippen LogP contribution in [-0.2, 0) is 0 Å². The van der Waals surface area contributed by atoms with Crippen molar-refractivity contribution in [2.75, 3.05) is 0 Å². The van der Waals surface area contributed by atoms with Gasteiger partial charge in [0.05, 0.1) is 0 Å². The Morgan fingerprint density at radius 3 is 1.83 bits per heavy atom. The maximum atomic E-state index is 6.75. The lowest BCUT2D eigenvalue weighted by Crippen LogP contribution is -1.82. The molecule has 0 amide bonds. The van der Waals surface area contributed by atoms with Gasteiger partial charge < -0.3 is 5.41 Å². The van der Waals surface area contributed by atoms with Gasteiger partial charge in [-0.05, 0) is 0 Å². The van der Waals surface area contributed by atoms with Gasteiger partial charge in [0, 0.05) is 12.1 Å². The summed E-state index contributed by atoms with van der Waals surface area (Å²) in [6, 6.07) is 0. The van der Waals surface area contributed by atoms with Crippen LogP contribution < -0.4 is 0 Å². The second kappa shape index (κ2) is 0.903. The smallest absolute Gasteiger partial charge is 0.160 e.